The molecule has 1 aromatic carbocycles. The fourth-order valence-corrected chi connectivity index (χ4v) is 4.97. The number of urea groups is 1. The third kappa shape index (κ3) is 4.14. The highest BCUT2D eigenvalue weighted by atomic mass is 32.2. The molecular weight excluding hydrogens is 368 g/mol. The Morgan fingerprint density at radius 2 is 1.81 bits per heavy atom. The lowest BCUT2D eigenvalue weighted by atomic mass is 10.0. The van der Waals surface area contributed by atoms with Crippen molar-refractivity contribution >= 4 is 22.0 Å². The highest BCUT2D eigenvalue weighted by molar-refractivity contribution is 7.89. The molecule has 0 unspecified atom stereocenters. The van der Waals surface area contributed by atoms with Crippen LogP contribution in [0.25, 0.3) is 0 Å². The summed E-state index contributed by atoms with van der Waals surface area (Å²) < 4.78 is 26.8. The Balaban J connectivity index is 1.61. The van der Waals surface area contributed by atoms with Crippen LogP contribution in [0.15, 0.2) is 46.5 Å². The zero-order valence-electron chi connectivity index (χ0n) is 15.4. The molecule has 0 bridgehead atoms. The Bertz CT molecular complexity index is 859. The summed E-state index contributed by atoms with van der Waals surface area (Å²) in [6.07, 6.45) is 1.08. The number of hydrogen-bond donors (Lipinski definition) is 3. The van der Waals surface area contributed by atoms with Gasteiger partial charge in [-0.15, -0.1) is 0 Å². The van der Waals surface area contributed by atoms with E-state index in [1.165, 1.54) is 4.31 Å². The second-order valence-electron chi connectivity index (χ2n) is 6.82. The molecular formula is C18H24N4O4S. The molecule has 0 spiro atoms. The van der Waals surface area contributed by atoms with Crippen LogP contribution in [0.5, 0.6) is 0 Å². The molecule has 27 heavy (non-hydrogen) atoms. The number of amides is 3. The second kappa shape index (κ2) is 7.69. The van der Waals surface area contributed by atoms with E-state index < -0.39 is 10.0 Å². The number of sulfonamides is 1. The van der Waals surface area contributed by atoms with E-state index in [0.29, 0.717) is 37.2 Å². The number of carbonyl (C=O) groups excluding carboxylic acids is 2. The van der Waals surface area contributed by atoms with Gasteiger partial charge in [-0.05, 0) is 38.8 Å². The zero-order chi connectivity index (χ0) is 19.6. The van der Waals surface area contributed by atoms with E-state index in [-0.39, 0.29) is 28.9 Å². The Morgan fingerprint density at radius 3 is 2.41 bits per heavy atom. The molecule has 2 aliphatic heterocycles. The van der Waals surface area contributed by atoms with E-state index in [1.807, 2.05) is 0 Å². The van der Waals surface area contributed by atoms with Crippen molar-refractivity contribution in [3.05, 3.63) is 41.6 Å². The van der Waals surface area contributed by atoms with Crippen molar-refractivity contribution in [2.24, 2.45) is 0 Å². The molecule has 3 N–H and O–H groups in total. The van der Waals surface area contributed by atoms with Crippen LogP contribution in [-0.4, -0.2) is 49.8 Å². The first-order valence-corrected chi connectivity index (χ1v) is 10.4. The molecule has 2 heterocycles. The fourth-order valence-electron chi connectivity index (χ4n) is 3.48. The Hall–Kier alpha value is -2.39. The molecule has 9 heteroatoms. The van der Waals surface area contributed by atoms with Crippen LogP contribution in [0.3, 0.4) is 0 Å². The maximum atomic E-state index is 12.7. The molecule has 0 aromatic heterocycles. The van der Waals surface area contributed by atoms with Crippen molar-refractivity contribution < 1.29 is 18.0 Å². The summed E-state index contributed by atoms with van der Waals surface area (Å²) in [6, 6.07) is 7.55. The maximum Gasteiger partial charge on any atom is 0.319 e. The summed E-state index contributed by atoms with van der Waals surface area (Å²) >= 11 is 0. The molecule has 2 aliphatic rings. The second-order valence-corrected chi connectivity index (χ2v) is 8.76. The van der Waals surface area contributed by atoms with Crippen molar-refractivity contribution in [3.8, 4) is 0 Å². The van der Waals surface area contributed by atoms with Crippen LogP contribution in [0, 0.1) is 0 Å². The predicted octanol–water partition coefficient (Wildman–Crippen LogP) is 0.931. The molecule has 3 rings (SSSR count). The van der Waals surface area contributed by atoms with Crippen molar-refractivity contribution in [1.29, 1.82) is 0 Å². The number of carbonyl (C=O) groups is 2. The summed E-state index contributed by atoms with van der Waals surface area (Å²) in [7, 11) is -3.50. The van der Waals surface area contributed by atoms with E-state index >= 15 is 0 Å². The van der Waals surface area contributed by atoms with Gasteiger partial charge in [-0.1, -0.05) is 18.2 Å². The first-order chi connectivity index (χ1) is 12.8. The monoisotopic (exact) mass is 392 g/mol. The van der Waals surface area contributed by atoms with Crippen LogP contribution in [0.2, 0.25) is 0 Å². The van der Waals surface area contributed by atoms with Gasteiger partial charge in [0.2, 0.25) is 10.0 Å². The van der Waals surface area contributed by atoms with Crippen LogP contribution >= 0.6 is 0 Å². The molecule has 8 nitrogen and oxygen atoms in total. The lowest BCUT2D eigenvalue weighted by Gasteiger charge is -2.33. The van der Waals surface area contributed by atoms with Crippen molar-refractivity contribution in [1.82, 2.24) is 20.3 Å². The Kier molecular flexibility index (Phi) is 5.52. The number of nitrogens with one attached hydrogen (secondary N) is 3. The van der Waals surface area contributed by atoms with Gasteiger partial charge in [-0.25, -0.2) is 13.2 Å². The summed E-state index contributed by atoms with van der Waals surface area (Å²) in [5.74, 6) is -0.239. The first kappa shape index (κ1) is 19.4. The summed E-state index contributed by atoms with van der Waals surface area (Å²) in [4.78, 5) is 24.3. The number of allylic oxidation sites excluding steroid dienone is 1. The third-order valence-corrected chi connectivity index (χ3v) is 6.81. The minimum atomic E-state index is -3.50. The van der Waals surface area contributed by atoms with Gasteiger partial charge in [0.05, 0.1) is 16.5 Å². The molecule has 0 saturated carbocycles. The van der Waals surface area contributed by atoms with Crippen molar-refractivity contribution in [2.75, 3.05) is 13.1 Å². The van der Waals surface area contributed by atoms with Crippen LogP contribution in [0.1, 0.15) is 26.7 Å². The molecule has 1 fully saturated rings. The van der Waals surface area contributed by atoms with Gasteiger partial charge in [0.15, 0.2) is 0 Å². The minimum Gasteiger partial charge on any atom is -0.349 e. The van der Waals surface area contributed by atoms with Gasteiger partial charge in [-0.2, -0.15) is 4.31 Å². The highest BCUT2D eigenvalue weighted by Crippen LogP contribution is 2.21. The lowest BCUT2D eigenvalue weighted by Crippen LogP contribution is -2.52. The minimum absolute atomic E-state index is 0.107. The molecule has 1 saturated heterocycles. The maximum absolute atomic E-state index is 12.7. The van der Waals surface area contributed by atoms with Gasteiger partial charge in [0.1, 0.15) is 0 Å². The number of rotatable bonds is 4. The number of benzene rings is 1. The first-order valence-electron chi connectivity index (χ1n) is 8.93. The molecule has 146 valence electrons. The number of hydrogen-bond acceptors (Lipinski definition) is 4. The number of nitrogens with zero attached hydrogens (tertiary/aromatic N) is 1. The topological polar surface area (TPSA) is 108 Å². The van der Waals surface area contributed by atoms with Gasteiger partial charge >= 0.3 is 6.03 Å². The number of piperidine rings is 1. The van der Waals surface area contributed by atoms with E-state index in [0.717, 1.165) is 0 Å². The van der Waals surface area contributed by atoms with E-state index in [2.05, 4.69) is 16.0 Å². The normalized spacial score (nSPS) is 22.1. The fraction of sp³-hybridized carbons (Fsp3) is 0.444. The summed E-state index contributed by atoms with van der Waals surface area (Å²) in [5, 5.41) is 8.24. The Labute approximate surface area is 159 Å². The van der Waals surface area contributed by atoms with Gasteiger partial charge in [-0.3, -0.25) is 4.79 Å². The molecule has 0 radical (unpaired) electrons. The quantitative estimate of drug-likeness (QED) is 0.708. The smallest absolute Gasteiger partial charge is 0.319 e. The lowest BCUT2D eigenvalue weighted by molar-refractivity contribution is -0.118. The van der Waals surface area contributed by atoms with E-state index in [4.69, 9.17) is 0 Å². The van der Waals surface area contributed by atoms with Gasteiger partial charge < -0.3 is 16.0 Å². The van der Waals surface area contributed by atoms with Crippen LogP contribution < -0.4 is 16.0 Å². The zero-order valence-corrected chi connectivity index (χ0v) is 16.2. The molecule has 0 aliphatic carbocycles. The SMILES string of the molecule is CC1=C(C(=O)NC2CCN(S(=O)(=O)c3ccccc3)CC2)[C@H](C)NC(=O)N1. The third-order valence-electron chi connectivity index (χ3n) is 4.90. The largest absolute Gasteiger partial charge is 0.349 e. The van der Waals surface area contributed by atoms with Crippen molar-refractivity contribution in [2.45, 2.75) is 43.7 Å². The van der Waals surface area contributed by atoms with Crippen LogP contribution in [-0.2, 0) is 14.8 Å². The van der Waals surface area contributed by atoms with Gasteiger partial charge in [0, 0.05) is 24.8 Å². The molecule has 1 aromatic rings. The van der Waals surface area contributed by atoms with Crippen molar-refractivity contribution in [3.63, 3.8) is 0 Å². The summed E-state index contributed by atoms with van der Waals surface area (Å²) in [5.41, 5.74) is 1.03. The Morgan fingerprint density at radius 1 is 1.19 bits per heavy atom. The highest BCUT2D eigenvalue weighted by Gasteiger charge is 2.32. The van der Waals surface area contributed by atoms with E-state index in [9.17, 15) is 18.0 Å². The standard InChI is InChI=1S/C18H24N4O4S/c1-12-16(13(2)20-18(24)19-12)17(23)21-14-8-10-22(11-9-14)27(25,26)15-6-4-3-5-7-15/h3-7,12,14H,8-11H2,1-2H3,(H,21,23)(H2,19,20,24)/t12-/m0/s1. The summed E-state index contributed by atoms with van der Waals surface area (Å²) in [6.45, 7) is 4.15. The average Bonchev–Trinajstić information content (AvgIpc) is 2.62. The average molecular weight is 392 g/mol. The molecule has 3 amide bonds. The van der Waals surface area contributed by atoms with Gasteiger partial charge in [0.25, 0.3) is 5.91 Å². The van der Waals surface area contributed by atoms with E-state index in [1.54, 1.807) is 44.2 Å². The predicted molar refractivity (Wildman–Crippen MR) is 100 cm³/mol. The van der Waals surface area contributed by atoms with Crippen LogP contribution in [0.4, 0.5) is 4.79 Å². The molecule has 1 atom stereocenters.